The number of nitrogens with zero attached hydrogens (tertiary/aromatic N) is 2. The van der Waals surface area contributed by atoms with Gasteiger partial charge in [0.1, 0.15) is 5.52 Å². The molecule has 2 N–H and O–H groups in total. The highest BCUT2D eigenvalue weighted by atomic mass is 16.5. The molecule has 136 valence electrons. The van der Waals surface area contributed by atoms with E-state index in [1.807, 2.05) is 18.2 Å². The number of aromatic hydroxyl groups is 1. The first kappa shape index (κ1) is 16.0. The van der Waals surface area contributed by atoms with Crippen LogP contribution in [0, 0.1) is 5.92 Å². The summed E-state index contributed by atoms with van der Waals surface area (Å²) < 4.78 is 6.02. The Hall–Kier alpha value is -2.18. The lowest BCUT2D eigenvalue weighted by molar-refractivity contribution is -0.0581. The minimum Gasteiger partial charge on any atom is -0.505 e. The predicted octanol–water partition coefficient (Wildman–Crippen LogP) is 1.92. The predicted molar refractivity (Wildman–Crippen MR) is 97.1 cm³/mol. The zero-order valence-corrected chi connectivity index (χ0v) is 14.6. The van der Waals surface area contributed by atoms with Gasteiger partial charge in [-0.25, -0.2) is 0 Å². The van der Waals surface area contributed by atoms with Crippen LogP contribution in [0.4, 0.5) is 0 Å². The van der Waals surface area contributed by atoms with Gasteiger partial charge in [-0.3, -0.25) is 14.7 Å². The van der Waals surface area contributed by atoms with Crippen LogP contribution in [-0.4, -0.2) is 58.8 Å². The van der Waals surface area contributed by atoms with Crippen molar-refractivity contribution in [1.29, 1.82) is 0 Å². The van der Waals surface area contributed by atoms with E-state index in [4.69, 9.17) is 4.74 Å². The summed E-state index contributed by atoms with van der Waals surface area (Å²) in [6.45, 7) is 2.60. The van der Waals surface area contributed by atoms with Crippen LogP contribution in [0.25, 0.3) is 10.9 Å². The zero-order chi connectivity index (χ0) is 17.7. The second kappa shape index (κ2) is 6.21. The maximum Gasteiger partial charge on any atom is 0.255 e. The number of nitrogens with one attached hydrogen (secondary N) is 1. The number of phenolic OH excluding ortho intramolecular Hbond substituents is 1. The number of ether oxygens (including phenoxy) is 1. The van der Waals surface area contributed by atoms with Crippen LogP contribution in [0.15, 0.2) is 30.5 Å². The minimum atomic E-state index is -0.237. The molecule has 2 aromatic rings. The molecule has 6 heteroatoms. The summed E-state index contributed by atoms with van der Waals surface area (Å²) in [4.78, 5) is 19.4. The molecule has 0 unspecified atom stereocenters. The Labute approximate surface area is 152 Å². The normalized spacial score (nSPS) is 28.8. The number of hydrogen-bond donors (Lipinski definition) is 2. The van der Waals surface area contributed by atoms with Gasteiger partial charge in [0, 0.05) is 36.8 Å². The molecule has 3 fully saturated rings. The lowest BCUT2D eigenvalue weighted by Crippen LogP contribution is -2.47. The lowest BCUT2D eigenvalue weighted by atomic mass is 10.1. The number of pyridine rings is 1. The van der Waals surface area contributed by atoms with Crippen molar-refractivity contribution < 1.29 is 14.6 Å². The summed E-state index contributed by atoms with van der Waals surface area (Å²) in [6, 6.07) is 7.66. The molecular weight excluding hydrogens is 330 g/mol. The molecule has 6 nitrogen and oxygen atoms in total. The van der Waals surface area contributed by atoms with Gasteiger partial charge in [0.05, 0.1) is 18.3 Å². The molecule has 2 aliphatic heterocycles. The standard InChI is InChI=1S/C20H23N3O3/c24-19-16(6-5-13-2-1-7-21-18(13)19)20(25)22-14-8-15-11-26-17(12-3-4-12)10-23(15)9-14/h1-2,5-7,12,14-15,17,24H,3-4,8-11H2,(H,22,25)/t14-,15+,17-/m1/s1. The van der Waals surface area contributed by atoms with E-state index in [0.717, 1.165) is 37.4 Å². The summed E-state index contributed by atoms with van der Waals surface area (Å²) in [5.41, 5.74) is 0.748. The van der Waals surface area contributed by atoms with Gasteiger partial charge in [-0.15, -0.1) is 0 Å². The van der Waals surface area contributed by atoms with E-state index < -0.39 is 0 Å². The van der Waals surface area contributed by atoms with E-state index in [0.29, 0.717) is 17.7 Å². The first-order valence-electron chi connectivity index (χ1n) is 9.42. The second-order valence-electron chi connectivity index (χ2n) is 7.76. The molecule has 0 bridgehead atoms. The average Bonchev–Trinajstić information content (AvgIpc) is 3.42. The summed E-state index contributed by atoms with van der Waals surface area (Å²) in [5, 5.41) is 14.4. The van der Waals surface area contributed by atoms with Gasteiger partial charge in [0.15, 0.2) is 5.75 Å². The van der Waals surface area contributed by atoms with Gasteiger partial charge >= 0.3 is 0 Å². The van der Waals surface area contributed by atoms with Crippen LogP contribution in [0.5, 0.6) is 5.75 Å². The van der Waals surface area contributed by atoms with E-state index in [2.05, 4.69) is 15.2 Å². The van der Waals surface area contributed by atoms with Gasteiger partial charge in [-0.2, -0.15) is 0 Å². The number of rotatable bonds is 3. The monoisotopic (exact) mass is 353 g/mol. The van der Waals surface area contributed by atoms with Crippen molar-refractivity contribution in [3.8, 4) is 5.75 Å². The number of carbonyl (C=O) groups is 1. The number of benzene rings is 1. The van der Waals surface area contributed by atoms with E-state index >= 15 is 0 Å². The van der Waals surface area contributed by atoms with Crippen molar-refractivity contribution in [1.82, 2.24) is 15.2 Å². The molecule has 0 radical (unpaired) electrons. The lowest BCUT2D eigenvalue weighted by Gasteiger charge is -2.35. The second-order valence-corrected chi connectivity index (χ2v) is 7.76. The molecule has 5 rings (SSSR count). The fourth-order valence-corrected chi connectivity index (χ4v) is 4.33. The van der Waals surface area contributed by atoms with Crippen molar-refractivity contribution in [2.75, 3.05) is 19.7 Å². The van der Waals surface area contributed by atoms with E-state index in [9.17, 15) is 9.90 Å². The van der Waals surface area contributed by atoms with Crippen molar-refractivity contribution >= 4 is 16.8 Å². The molecule has 1 aromatic carbocycles. The Morgan fingerprint density at radius 2 is 2.15 bits per heavy atom. The van der Waals surface area contributed by atoms with E-state index in [-0.39, 0.29) is 23.3 Å². The summed E-state index contributed by atoms with van der Waals surface area (Å²) in [7, 11) is 0. The molecule has 0 spiro atoms. The molecule has 3 atom stereocenters. The first-order valence-corrected chi connectivity index (χ1v) is 9.42. The number of hydrogen-bond acceptors (Lipinski definition) is 5. The third-order valence-corrected chi connectivity index (χ3v) is 5.92. The maximum absolute atomic E-state index is 12.7. The molecule has 2 saturated heterocycles. The molecule has 26 heavy (non-hydrogen) atoms. The van der Waals surface area contributed by atoms with E-state index in [1.54, 1.807) is 12.3 Å². The number of phenols is 1. The fraction of sp³-hybridized carbons (Fsp3) is 0.500. The highest BCUT2D eigenvalue weighted by molar-refractivity contribution is 6.02. The Morgan fingerprint density at radius 3 is 3.00 bits per heavy atom. The van der Waals surface area contributed by atoms with Crippen molar-refractivity contribution in [3.05, 3.63) is 36.0 Å². The van der Waals surface area contributed by atoms with Crippen LogP contribution in [-0.2, 0) is 4.74 Å². The third kappa shape index (κ3) is 2.83. The summed E-state index contributed by atoms with van der Waals surface area (Å²) in [5.74, 6) is 0.458. The zero-order valence-electron chi connectivity index (χ0n) is 14.6. The molecule has 1 saturated carbocycles. The fourth-order valence-electron chi connectivity index (χ4n) is 4.33. The van der Waals surface area contributed by atoms with Crippen LogP contribution >= 0.6 is 0 Å². The highest BCUT2D eigenvalue weighted by Gasteiger charge is 2.42. The number of aromatic nitrogens is 1. The SMILES string of the molecule is O=C(N[C@@H]1C[C@H]2CO[C@@H](C3CC3)CN2C1)c1ccc2cccnc2c1O. The van der Waals surface area contributed by atoms with Gasteiger partial charge in [0.25, 0.3) is 5.91 Å². The van der Waals surface area contributed by atoms with Crippen LogP contribution in [0.1, 0.15) is 29.6 Å². The van der Waals surface area contributed by atoms with Crippen LogP contribution in [0.2, 0.25) is 0 Å². The third-order valence-electron chi connectivity index (χ3n) is 5.92. The number of morpholine rings is 1. The largest absolute Gasteiger partial charge is 0.505 e. The van der Waals surface area contributed by atoms with Crippen LogP contribution < -0.4 is 5.32 Å². The van der Waals surface area contributed by atoms with Gasteiger partial charge < -0.3 is 15.2 Å². The molecular formula is C20H23N3O3. The summed E-state index contributed by atoms with van der Waals surface area (Å²) >= 11 is 0. The molecule has 3 heterocycles. The quantitative estimate of drug-likeness (QED) is 0.882. The van der Waals surface area contributed by atoms with Crippen molar-refractivity contribution in [2.45, 2.75) is 37.5 Å². The smallest absolute Gasteiger partial charge is 0.255 e. The Balaban J connectivity index is 1.28. The van der Waals surface area contributed by atoms with E-state index in [1.165, 1.54) is 12.8 Å². The number of fused-ring (bicyclic) bond motifs is 2. The number of carbonyl (C=O) groups excluding carboxylic acids is 1. The Kier molecular flexibility index (Phi) is 3.83. The molecule has 1 amide bonds. The van der Waals surface area contributed by atoms with Gasteiger partial charge in [-0.1, -0.05) is 12.1 Å². The maximum atomic E-state index is 12.7. The Morgan fingerprint density at radius 1 is 1.27 bits per heavy atom. The highest BCUT2D eigenvalue weighted by Crippen LogP contribution is 2.38. The topological polar surface area (TPSA) is 74.7 Å². The summed E-state index contributed by atoms with van der Waals surface area (Å²) in [6.07, 6.45) is 5.47. The molecule has 3 aliphatic rings. The molecule has 1 aliphatic carbocycles. The molecule has 1 aromatic heterocycles. The average molecular weight is 353 g/mol. The van der Waals surface area contributed by atoms with Crippen LogP contribution in [0.3, 0.4) is 0 Å². The number of amides is 1. The minimum absolute atomic E-state index is 0.0477. The Bertz CT molecular complexity index is 851. The first-order chi connectivity index (χ1) is 12.7. The van der Waals surface area contributed by atoms with Crippen molar-refractivity contribution in [3.63, 3.8) is 0 Å². The van der Waals surface area contributed by atoms with Gasteiger partial charge in [-0.05, 0) is 37.3 Å². The van der Waals surface area contributed by atoms with Crippen molar-refractivity contribution in [2.24, 2.45) is 5.92 Å². The van der Waals surface area contributed by atoms with Gasteiger partial charge in [0.2, 0.25) is 0 Å².